The van der Waals surface area contributed by atoms with Crippen molar-refractivity contribution in [2.45, 2.75) is 12.5 Å². The first-order valence-electron chi connectivity index (χ1n) is 7.27. The molecule has 0 spiro atoms. The average molecular weight is 327 g/mol. The zero-order chi connectivity index (χ0) is 17.1. The number of hydrogen-bond acceptors (Lipinski definition) is 3. The Morgan fingerprint density at radius 3 is 2.62 bits per heavy atom. The number of imide groups is 1. The van der Waals surface area contributed by atoms with Gasteiger partial charge >= 0.3 is 6.03 Å². The zero-order valence-electron chi connectivity index (χ0n) is 12.5. The van der Waals surface area contributed by atoms with E-state index in [4.69, 9.17) is 0 Å². The van der Waals surface area contributed by atoms with Crippen LogP contribution in [0.3, 0.4) is 0 Å². The van der Waals surface area contributed by atoms with Crippen molar-refractivity contribution in [3.63, 3.8) is 0 Å². The normalized spacial score (nSPS) is 16.5. The van der Waals surface area contributed by atoms with E-state index in [-0.39, 0.29) is 12.3 Å². The van der Waals surface area contributed by atoms with Gasteiger partial charge < -0.3 is 10.6 Å². The van der Waals surface area contributed by atoms with Crippen LogP contribution in [0.5, 0.6) is 0 Å². The number of halogens is 1. The molecule has 3 N–H and O–H groups in total. The second-order valence-corrected chi connectivity index (χ2v) is 5.34. The monoisotopic (exact) mass is 327 g/mol. The van der Waals surface area contributed by atoms with E-state index in [2.05, 4.69) is 16.0 Å². The summed E-state index contributed by atoms with van der Waals surface area (Å²) in [7, 11) is 0. The summed E-state index contributed by atoms with van der Waals surface area (Å²) in [5, 5.41) is 7.29. The minimum atomic E-state index is -0.791. The minimum Gasteiger partial charge on any atom is -0.326 e. The number of carbonyl (C=O) groups is 3. The van der Waals surface area contributed by atoms with Crippen molar-refractivity contribution in [3.8, 4) is 0 Å². The Balaban J connectivity index is 1.71. The van der Waals surface area contributed by atoms with Gasteiger partial charge in [0.05, 0.1) is 6.42 Å². The lowest BCUT2D eigenvalue weighted by atomic mass is 10.1. The highest BCUT2D eigenvalue weighted by molar-refractivity contribution is 6.04. The fraction of sp³-hybridized carbons (Fsp3) is 0.118. The third kappa shape index (κ3) is 3.40. The van der Waals surface area contributed by atoms with Crippen LogP contribution in [-0.2, 0) is 16.0 Å². The van der Waals surface area contributed by atoms with E-state index in [9.17, 15) is 18.8 Å². The second-order valence-electron chi connectivity index (χ2n) is 5.34. The van der Waals surface area contributed by atoms with Gasteiger partial charge in [-0.05, 0) is 29.3 Å². The lowest BCUT2D eigenvalue weighted by molar-refractivity contribution is -0.120. The predicted molar refractivity (Wildman–Crippen MR) is 84.6 cm³/mol. The average Bonchev–Trinajstić information content (AvgIpc) is 2.88. The molecule has 1 fully saturated rings. The number of carbonyl (C=O) groups excluding carboxylic acids is 3. The van der Waals surface area contributed by atoms with E-state index in [1.54, 1.807) is 42.5 Å². The maximum Gasteiger partial charge on any atom is 0.322 e. The molecular weight excluding hydrogens is 313 g/mol. The molecule has 24 heavy (non-hydrogen) atoms. The van der Waals surface area contributed by atoms with Crippen LogP contribution in [0.4, 0.5) is 14.9 Å². The Kier molecular flexibility index (Phi) is 4.24. The molecule has 0 radical (unpaired) electrons. The molecule has 3 rings (SSSR count). The molecule has 0 saturated carbocycles. The van der Waals surface area contributed by atoms with E-state index in [1.807, 2.05) is 0 Å². The van der Waals surface area contributed by atoms with Gasteiger partial charge in [0.1, 0.15) is 11.9 Å². The number of rotatable bonds is 4. The van der Waals surface area contributed by atoms with Crippen LogP contribution < -0.4 is 16.0 Å². The van der Waals surface area contributed by atoms with Crippen molar-refractivity contribution in [2.24, 2.45) is 0 Å². The van der Waals surface area contributed by atoms with Gasteiger partial charge in [0.25, 0.3) is 5.91 Å². The van der Waals surface area contributed by atoms with E-state index in [1.165, 1.54) is 6.07 Å². The van der Waals surface area contributed by atoms with Gasteiger partial charge in [-0.25, -0.2) is 9.18 Å². The molecule has 6 nitrogen and oxygen atoms in total. The summed E-state index contributed by atoms with van der Waals surface area (Å²) in [5.41, 5.74) is 1.30. The fourth-order valence-electron chi connectivity index (χ4n) is 2.47. The Morgan fingerprint density at radius 2 is 1.92 bits per heavy atom. The van der Waals surface area contributed by atoms with Crippen molar-refractivity contribution in [3.05, 3.63) is 65.5 Å². The third-order valence-corrected chi connectivity index (χ3v) is 3.59. The van der Waals surface area contributed by atoms with Crippen LogP contribution in [0.1, 0.15) is 17.2 Å². The first kappa shape index (κ1) is 15.7. The summed E-state index contributed by atoms with van der Waals surface area (Å²) in [5.74, 6) is -1.27. The highest BCUT2D eigenvalue weighted by Crippen LogP contribution is 2.20. The minimum absolute atomic E-state index is 0.0997. The largest absolute Gasteiger partial charge is 0.326 e. The number of urea groups is 1. The zero-order valence-corrected chi connectivity index (χ0v) is 12.5. The summed E-state index contributed by atoms with van der Waals surface area (Å²) in [6.07, 6.45) is -0.0997. The summed E-state index contributed by atoms with van der Waals surface area (Å²) >= 11 is 0. The van der Waals surface area contributed by atoms with Gasteiger partial charge in [-0.3, -0.25) is 14.9 Å². The maximum atomic E-state index is 13.6. The summed E-state index contributed by atoms with van der Waals surface area (Å²) < 4.78 is 13.6. The Morgan fingerprint density at radius 1 is 1.12 bits per heavy atom. The quantitative estimate of drug-likeness (QED) is 0.750. The van der Waals surface area contributed by atoms with E-state index in [0.29, 0.717) is 16.8 Å². The van der Waals surface area contributed by atoms with Crippen molar-refractivity contribution in [1.82, 2.24) is 10.6 Å². The molecule has 1 unspecified atom stereocenters. The fourth-order valence-corrected chi connectivity index (χ4v) is 2.47. The lowest BCUT2D eigenvalue weighted by Gasteiger charge is -2.11. The van der Waals surface area contributed by atoms with Crippen LogP contribution in [0.2, 0.25) is 0 Å². The molecular formula is C17H14FN3O3. The molecule has 1 heterocycles. The number of anilines is 1. The van der Waals surface area contributed by atoms with Gasteiger partial charge in [0.15, 0.2) is 0 Å². The van der Waals surface area contributed by atoms with E-state index >= 15 is 0 Å². The second kappa shape index (κ2) is 6.49. The molecule has 1 saturated heterocycles. The van der Waals surface area contributed by atoms with Gasteiger partial charge in [-0.15, -0.1) is 0 Å². The molecule has 0 aromatic heterocycles. The molecule has 7 heteroatoms. The van der Waals surface area contributed by atoms with Crippen LogP contribution in [0.15, 0.2) is 48.5 Å². The molecule has 2 aromatic carbocycles. The van der Waals surface area contributed by atoms with E-state index < -0.39 is 23.8 Å². The van der Waals surface area contributed by atoms with Gasteiger partial charge in [0.2, 0.25) is 5.91 Å². The molecule has 0 aliphatic carbocycles. The topological polar surface area (TPSA) is 87.3 Å². The summed E-state index contributed by atoms with van der Waals surface area (Å²) in [6, 6.07) is 11.3. The first-order valence-corrected chi connectivity index (χ1v) is 7.27. The van der Waals surface area contributed by atoms with Crippen molar-refractivity contribution in [1.29, 1.82) is 0 Å². The lowest BCUT2D eigenvalue weighted by Crippen LogP contribution is -2.22. The Bertz CT molecular complexity index is 822. The molecule has 4 amide bonds. The van der Waals surface area contributed by atoms with E-state index in [0.717, 1.165) is 0 Å². The molecule has 0 bridgehead atoms. The smallest absolute Gasteiger partial charge is 0.322 e. The van der Waals surface area contributed by atoms with Crippen molar-refractivity contribution < 1.29 is 18.8 Å². The molecule has 1 atom stereocenters. The Labute approximate surface area is 137 Å². The number of benzene rings is 2. The number of amides is 4. The molecule has 1 aliphatic rings. The highest BCUT2D eigenvalue weighted by Gasteiger charge is 2.30. The maximum absolute atomic E-state index is 13.6. The third-order valence-electron chi connectivity index (χ3n) is 3.59. The van der Waals surface area contributed by atoms with Gasteiger partial charge in [0, 0.05) is 5.69 Å². The summed E-state index contributed by atoms with van der Waals surface area (Å²) in [6.45, 7) is 0. The van der Waals surface area contributed by atoms with Crippen molar-refractivity contribution >= 4 is 23.5 Å². The molecule has 2 aromatic rings. The van der Waals surface area contributed by atoms with Crippen molar-refractivity contribution in [2.75, 3.05) is 5.32 Å². The molecule has 1 aliphatic heterocycles. The Hall–Kier alpha value is -3.22. The highest BCUT2D eigenvalue weighted by atomic mass is 19.1. The molecule has 122 valence electrons. The standard InChI is InChI=1S/C17H14FN3O3/c18-13-7-2-1-4-10(13)9-14(22)19-12-6-3-5-11(8-12)15-16(23)21-17(24)20-15/h1-8,15H,9H2,(H,19,22)(H2,20,21,23,24). The van der Waals surface area contributed by atoms with Crippen LogP contribution in [0.25, 0.3) is 0 Å². The number of hydrogen-bond donors (Lipinski definition) is 3. The number of nitrogens with one attached hydrogen (secondary N) is 3. The first-order chi connectivity index (χ1) is 11.5. The van der Waals surface area contributed by atoms with Gasteiger partial charge in [-0.1, -0.05) is 30.3 Å². The summed E-state index contributed by atoms with van der Waals surface area (Å²) in [4.78, 5) is 34.9. The predicted octanol–water partition coefficient (Wildman–Crippen LogP) is 1.89. The van der Waals surface area contributed by atoms with Crippen LogP contribution in [0, 0.1) is 5.82 Å². The van der Waals surface area contributed by atoms with Crippen LogP contribution >= 0.6 is 0 Å². The van der Waals surface area contributed by atoms with Crippen LogP contribution in [-0.4, -0.2) is 17.8 Å². The SMILES string of the molecule is O=C(Cc1ccccc1F)Nc1cccc(C2NC(=O)NC2=O)c1. The van der Waals surface area contributed by atoms with Gasteiger partial charge in [-0.2, -0.15) is 0 Å².